The van der Waals surface area contributed by atoms with Gasteiger partial charge in [0.1, 0.15) is 64.3 Å². The Kier molecular flexibility index (Phi) is 40.7. The second kappa shape index (κ2) is 41.4. The van der Waals surface area contributed by atoms with Gasteiger partial charge in [0.2, 0.25) is 12.3 Å². The van der Waals surface area contributed by atoms with Gasteiger partial charge in [-0.05, 0) is 72.0 Å². The van der Waals surface area contributed by atoms with Crippen molar-refractivity contribution in [1.82, 2.24) is 19.9 Å². The molecule has 48 heteroatoms. The Morgan fingerprint density at radius 1 is 0.385 bits per heavy atom. The van der Waals surface area contributed by atoms with E-state index in [0.29, 0.717) is 48.5 Å². The van der Waals surface area contributed by atoms with Gasteiger partial charge < -0.3 is 78.8 Å². The van der Waals surface area contributed by atoms with E-state index in [1.54, 1.807) is 12.1 Å². The summed E-state index contributed by atoms with van der Waals surface area (Å²) in [4.78, 5) is 31.9. The Hall–Kier alpha value is -3.58. The molecule has 2 unspecified atom stereocenters. The van der Waals surface area contributed by atoms with Crippen molar-refractivity contribution in [3.8, 4) is 11.5 Å². The minimum absolute atomic E-state index is 0. The number of hydrogen-bond donors (Lipinski definition) is 0. The van der Waals surface area contributed by atoms with Crippen LogP contribution in [0.15, 0.2) is 194 Å². The molecule has 474 valence electrons. The minimum Gasteiger partial charge on any atom is -0.870 e. The van der Waals surface area contributed by atoms with Crippen LogP contribution >= 0.6 is 0 Å². The van der Waals surface area contributed by atoms with Crippen LogP contribution in [0.2, 0.25) is 0 Å². The van der Waals surface area contributed by atoms with Crippen molar-refractivity contribution in [3.05, 3.63) is 190 Å². The van der Waals surface area contributed by atoms with Gasteiger partial charge in [-0.3, -0.25) is 0 Å². The van der Waals surface area contributed by atoms with Crippen LogP contribution in [0.1, 0.15) is 44.2 Å². The normalized spacial score (nSPS) is 11.8. The summed E-state index contributed by atoms with van der Waals surface area (Å²) in [5.74, 6) is -13.3. The Bertz CT molecular complexity index is 4360. The maximum absolute atomic E-state index is 13.5. The number of aromatic carboxylic acids is 2. The summed E-state index contributed by atoms with van der Waals surface area (Å²) in [6.45, 7) is 0. The molecule has 2 heterocycles. The average Bonchev–Trinajstić information content (AvgIpc) is 0.819. The molecule has 0 N–H and O–H groups in total. The van der Waals surface area contributed by atoms with Crippen molar-refractivity contribution in [2.45, 2.75) is 31.9 Å². The summed E-state index contributed by atoms with van der Waals surface area (Å²) in [5, 5.41) is 86.0. The number of carbonyl (C=O) groups is 2. The van der Waals surface area contributed by atoms with Crippen molar-refractivity contribution < 1.29 is 311 Å². The van der Waals surface area contributed by atoms with Crippen LogP contribution in [-0.2, 0) is 74.6 Å². The number of rotatable bonds is 20. The molecule has 0 fully saturated rings. The number of benzene rings is 6. The van der Waals surface area contributed by atoms with Crippen LogP contribution in [0.3, 0.4) is 0 Å². The molecule has 96 heavy (non-hydrogen) atoms. The van der Waals surface area contributed by atoms with Gasteiger partial charge in [-0.2, -0.15) is 40.9 Å². The fourth-order valence-electron chi connectivity index (χ4n) is 6.70. The summed E-state index contributed by atoms with van der Waals surface area (Å²) < 4.78 is 193. The van der Waals surface area contributed by atoms with Gasteiger partial charge in [0.15, 0.2) is 0 Å². The predicted molar refractivity (Wildman–Crippen MR) is 271 cm³/mol. The minimum atomic E-state index is -5.26. The molecule has 2 radical (unpaired) electrons. The van der Waals surface area contributed by atoms with Gasteiger partial charge in [0.25, 0.3) is 0 Å². The molecular weight excluding hydrogens is 1530 g/mol. The van der Waals surface area contributed by atoms with Crippen LogP contribution in [0.25, 0.3) is 10.6 Å². The number of carboxylic acid groups (broad SMARTS) is 2. The van der Waals surface area contributed by atoms with Gasteiger partial charge in [0, 0.05) is 46.3 Å². The molecule has 0 bridgehead atoms. The number of hydrogen-bond acceptors (Lipinski definition) is 30. The Morgan fingerprint density at radius 3 is 0.906 bits per heavy atom. The van der Waals surface area contributed by atoms with E-state index in [9.17, 15) is 99.5 Å². The standard InChI is InChI=1S/2C24H17F2N7O9S2.2Cu.6Na/c2*25-19-11-20(26)29-24(28-19)27-17-9-14(44(40,41)42)10-18(21(17)34)31-33-22(12-4-2-1-3-5-12)32-30-16-8-13(43(37,38)39)6-7-15(16)23(35)36;;;;;;;;/h2*1-11,22H,(H5,27,28,29,30,31,32,33,34,35,36,37,38,39,40,41,42);;;;;;;;/q;;2*+2;6*+1/p-10. The van der Waals surface area contributed by atoms with E-state index in [4.69, 9.17) is 0 Å². The number of azo groups is 4. The van der Waals surface area contributed by atoms with Crippen LogP contribution < -0.4 is 198 Å². The second-order valence-electron chi connectivity index (χ2n) is 16.6. The Labute approximate surface area is 693 Å². The third-order valence-corrected chi connectivity index (χ3v) is 13.9. The summed E-state index contributed by atoms with van der Waals surface area (Å²) in [6.07, 6.45) is -3.04. The molecule has 0 amide bonds. The van der Waals surface area contributed by atoms with E-state index in [1.807, 2.05) is 0 Å². The SMILES string of the molecule is O=C([O-])c1ccc(S(=O)(=O)[O-])cc1N=NC(N=Nc1cc(S(=O)(=O)[O-])cc([N-]c2nc(F)cc(F)n2)c1[O-])c1ccccc1.O=C([O-])c1ccc(S(=O)(=O)[O-])cc1N=NC(N=Nc1cc(S(=O)(=O)[O-])cc([N-]c2nc(F)cc(F)n2)c1[O-])c1ccccc1.[Cu+2].[Cu+2].[Na+].[Na+].[Na+].[Na+].[Na+].[Na+]. The van der Waals surface area contributed by atoms with Gasteiger partial charge in [-0.25, -0.2) is 51.2 Å². The first-order chi connectivity index (χ1) is 41.2. The van der Waals surface area contributed by atoms with E-state index < -0.39 is 177 Å². The topological polar surface area (TPSA) is 534 Å². The molecule has 8 rings (SSSR count). The third kappa shape index (κ3) is 27.4. The van der Waals surface area contributed by atoms with E-state index in [1.165, 1.54) is 48.5 Å². The molecule has 0 spiro atoms. The van der Waals surface area contributed by atoms with Gasteiger partial charge in [-0.1, -0.05) is 72.2 Å². The first-order valence-corrected chi connectivity index (χ1v) is 28.7. The van der Waals surface area contributed by atoms with E-state index in [0.717, 1.165) is 24.3 Å². The first-order valence-electron chi connectivity index (χ1n) is 23.0. The molecule has 0 aliphatic heterocycles. The molecule has 2 atom stereocenters. The molecule has 0 aliphatic rings. The first kappa shape index (κ1) is 94.5. The average molecular weight is 1550 g/mol. The quantitative estimate of drug-likeness (QED) is 0.0225. The molecule has 32 nitrogen and oxygen atoms in total. The van der Waals surface area contributed by atoms with Crippen molar-refractivity contribution in [2.24, 2.45) is 40.9 Å². The van der Waals surface area contributed by atoms with Crippen LogP contribution in [-0.4, -0.2) is 83.8 Å². The zero-order chi connectivity index (χ0) is 64.5. The molecule has 0 saturated heterocycles. The van der Waals surface area contributed by atoms with Crippen LogP contribution in [0.4, 0.5) is 63.6 Å². The predicted octanol–water partition coefficient (Wildman–Crippen LogP) is -12.2. The zero-order valence-corrected chi connectivity index (χ0v) is 66.4. The third-order valence-electron chi connectivity index (χ3n) is 10.6. The fourth-order valence-corrected chi connectivity index (χ4v) is 8.70. The summed E-state index contributed by atoms with van der Waals surface area (Å²) in [5.41, 5.74) is -5.47. The summed E-state index contributed by atoms with van der Waals surface area (Å²) in [6, 6.07) is 21.9. The Balaban J connectivity index is 0. The monoisotopic (exact) mass is 1550 g/mol. The van der Waals surface area contributed by atoms with E-state index >= 15 is 0 Å². The van der Waals surface area contributed by atoms with E-state index in [2.05, 4.69) is 71.5 Å². The number of carbonyl (C=O) groups excluding carboxylic acids is 2. The maximum atomic E-state index is 13.5. The summed E-state index contributed by atoms with van der Waals surface area (Å²) in [7, 11) is -20.6. The summed E-state index contributed by atoms with van der Waals surface area (Å²) >= 11 is 0. The van der Waals surface area contributed by atoms with Gasteiger partial charge in [0.05, 0.1) is 54.3 Å². The van der Waals surface area contributed by atoms with Crippen molar-refractivity contribution in [1.29, 1.82) is 0 Å². The zero-order valence-electron chi connectivity index (χ0n) is 49.2. The van der Waals surface area contributed by atoms with Crippen molar-refractivity contribution >= 4 is 98.4 Å². The molecule has 2 aromatic heterocycles. The molecule has 0 saturated carbocycles. The smallest absolute Gasteiger partial charge is 0.870 e. The number of halogens is 4. The largest absolute Gasteiger partial charge is 2.00 e. The van der Waals surface area contributed by atoms with Crippen molar-refractivity contribution in [2.75, 3.05) is 0 Å². The molecule has 8 aromatic rings. The van der Waals surface area contributed by atoms with Crippen molar-refractivity contribution in [3.63, 3.8) is 0 Å². The molecular formula is C48H24Cu2F4N14Na6O18S4. The number of carboxylic acids is 2. The maximum Gasteiger partial charge on any atom is 2.00 e. The molecule has 0 aliphatic carbocycles. The number of aromatic nitrogens is 4. The van der Waals surface area contributed by atoms with Gasteiger partial charge >= 0.3 is 211 Å². The second-order valence-corrected chi connectivity index (χ2v) is 22.1. The van der Waals surface area contributed by atoms with Crippen LogP contribution in [0.5, 0.6) is 11.5 Å². The van der Waals surface area contributed by atoms with Gasteiger partial charge in [-0.15, -0.1) is 0 Å². The van der Waals surface area contributed by atoms with E-state index in [-0.39, 0.29) is 223 Å². The molecule has 6 aromatic carbocycles. The number of nitrogens with zero attached hydrogens (tertiary/aromatic N) is 14. The Morgan fingerprint density at radius 2 is 0.646 bits per heavy atom. The van der Waals surface area contributed by atoms with Crippen LogP contribution in [0, 0.1) is 23.8 Å². The fraction of sp³-hybridized carbons (Fsp3) is 0.0417.